The van der Waals surface area contributed by atoms with Gasteiger partial charge in [0.05, 0.1) is 0 Å². The lowest BCUT2D eigenvalue weighted by atomic mass is 9.82. The number of hydrogen-bond donors (Lipinski definition) is 0. The van der Waals surface area contributed by atoms with Crippen molar-refractivity contribution in [3.05, 3.63) is 44.3 Å². The summed E-state index contributed by atoms with van der Waals surface area (Å²) < 4.78 is 20.4. The Hall–Kier alpha value is -1.98. The second kappa shape index (κ2) is 5.91. The summed E-state index contributed by atoms with van der Waals surface area (Å²) >= 11 is 0. The normalized spacial score (nSPS) is 12.8. The molecule has 23 heavy (non-hydrogen) atoms. The van der Waals surface area contributed by atoms with Crippen molar-refractivity contribution in [3.8, 4) is 0 Å². The van der Waals surface area contributed by atoms with E-state index < -0.39 is 11.6 Å². The van der Waals surface area contributed by atoms with E-state index in [4.69, 9.17) is 17.7 Å². The first-order valence-corrected chi connectivity index (χ1v) is 7.66. The molecule has 2 rings (SSSR count). The molecular weight excluding hydrogens is 300 g/mol. The van der Waals surface area contributed by atoms with Crippen molar-refractivity contribution < 1.29 is 17.7 Å². The molecule has 0 radical (unpaired) electrons. The zero-order valence-electron chi connectivity index (χ0n) is 14.6. The first kappa shape index (κ1) is 17.4. The molecule has 0 spiro atoms. The maximum absolute atomic E-state index is 11.5. The molecule has 128 valence electrons. The van der Waals surface area contributed by atoms with E-state index >= 15 is 0 Å². The van der Waals surface area contributed by atoms with E-state index in [0.717, 1.165) is 0 Å². The molecule has 0 unspecified atom stereocenters. The molecule has 2 aromatic heterocycles. The molecule has 0 bridgehead atoms. The third-order valence-corrected chi connectivity index (χ3v) is 3.53. The Morgan fingerprint density at radius 1 is 0.696 bits per heavy atom. The van der Waals surface area contributed by atoms with Crippen LogP contribution < -0.4 is 11.6 Å². The summed E-state index contributed by atoms with van der Waals surface area (Å²) in [4.78, 5) is 22.7. The van der Waals surface area contributed by atoms with Gasteiger partial charge in [0.2, 0.25) is 0 Å². The SMILES string of the molecule is Cc1oc(=O)oc1CC(C)(C)Cc1oc(=O)oc1CC(C)(C)C. The van der Waals surface area contributed by atoms with Crippen molar-refractivity contribution in [2.75, 3.05) is 0 Å². The molecule has 0 aliphatic carbocycles. The van der Waals surface area contributed by atoms with Crippen LogP contribution in [0.15, 0.2) is 27.3 Å². The lowest BCUT2D eigenvalue weighted by molar-refractivity contribution is 0.286. The number of rotatable bonds is 5. The predicted octanol–water partition coefficient (Wildman–Crippen LogP) is 3.49. The van der Waals surface area contributed by atoms with Gasteiger partial charge in [0.1, 0.15) is 11.5 Å². The zero-order valence-corrected chi connectivity index (χ0v) is 14.6. The third-order valence-electron chi connectivity index (χ3n) is 3.53. The van der Waals surface area contributed by atoms with Crippen molar-refractivity contribution in [3.63, 3.8) is 0 Å². The molecule has 0 saturated heterocycles. The summed E-state index contributed by atoms with van der Waals surface area (Å²) in [5, 5.41) is 0. The van der Waals surface area contributed by atoms with E-state index in [9.17, 15) is 9.59 Å². The highest BCUT2D eigenvalue weighted by molar-refractivity contribution is 5.10. The Kier molecular flexibility index (Phi) is 4.46. The Balaban J connectivity index is 2.21. The summed E-state index contributed by atoms with van der Waals surface area (Å²) in [6, 6.07) is 0. The highest BCUT2D eigenvalue weighted by atomic mass is 16.6. The van der Waals surface area contributed by atoms with Crippen LogP contribution in [0.5, 0.6) is 0 Å². The van der Waals surface area contributed by atoms with E-state index in [1.165, 1.54) is 0 Å². The highest BCUT2D eigenvalue weighted by Crippen LogP contribution is 2.31. The van der Waals surface area contributed by atoms with Crippen molar-refractivity contribution in [2.24, 2.45) is 10.8 Å². The Morgan fingerprint density at radius 3 is 1.61 bits per heavy atom. The monoisotopic (exact) mass is 324 g/mol. The minimum atomic E-state index is -0.698. The molecule has 6 heteroatoms. The van der Waals surface area contributed by atoms with E-state index in [0.29, 0.717) is 42.3 Å². The van der Waals surface area contributed by atoms with Gasteiger partial charge in [-0.1, -0.05) is 34.6 Å². The third kappa shape index (κ3) is 4.74. The van der Waals surface area contributed by atoms with Crippen LogP contribution in [-0.4, -0.2) is 0 Å². The minimum absolute atomic E-state index is 0.0212. The molecule has 0 N–H and O–H groups in total. The predicted molar refractivity (Wildman–Crippen MR) is 83.6 cm³/mol. The minimum Gasteiger partial charge on any atom is -0.396 e. The summed E-state index contributed by atoms with van der Waals surface area (Å²) in [7, 11) is 0. The lowest BCUT2D eigenvalue weighted by Gasteiger charge is -2.23. The molecule has 0 saturated carbocycles. The number of aryl methyl sites for hydroxylation is 1. The van der Waals surface area contributed by atoms with Crippen LogP contribution in [-0.2, 0) is 19.3 Å². The van der Waals surface area contributed by atoms with E-state index in [1.54, 1.807) is 6.92 Å². The molecule has 0 aliphatic heterocycles. The average Bonchev–Trinajstić information content (AvgIpc) is 2.79. The van der Waals surface area contributed by atoms with Crippen LogP contribution in [0.3, 0.4) is 0 Å². The Labute approximate surface area is 134 Å². The summed E-state index contributed by atoms with van der Waals surface area (Å²) in [6.07, 6.45) is 1.61. The summed E-state index contributed by atoms with van der Waals surface area (Å²) in [5.41, 5.74) is -0.316. The second-order valence-electron chi connectivity index (χ2n) is 7.99. The molecule has 0 aromatic carbocycles. The fraction of sp³-hybridized carbons (Fsp3) is 0.647. The van der Waals surface area contributed by atoms with Crippen molar-refractivity contribution in [1.29, 1.82) is 0 Å². The maximum Gasteiger partial charge on any atom is 0.519 e. The van der Waals surface area contributed by atoms with Gasteiger partial charge in [0.25, 0.3) is 0 Å². The van der Waals surface area contributed by atoms with Gasteiger partial charge in [-0.3, -0.25) is 0 Å². The topological polar surface area (TPSA) is 86.7 Å². The van der Waals surface area contributed by atoms with Crippen molar-refractivity contribution in [2.45, 2.75) is 60.8 Å². The van der Waals surface area contributed by atoms with Crippen LogP contribution in [0.25, 0.3) is 0 Å². The Bertz CT molecular complexity index is 775. The highest BCUT2D eigenvalue weighted by Gasteiger charge is 2.29. The van der Waals surface area contributed by atoms with Gasteiger partial charge >= 0.3 is 11.6 Å². The lowest BCUT2D eigenvalue weighted by Crippen LogP contribution is -2.20. The fourth-order valence-corrected chi connectivity index (χ4v) is 2.55. The standard InChI is InChI=1S/C17H24O6/c1-10-11(21-14(18)20-10)8-17(5,6)9-13-12(7-16(2,3)4)22-15(19)23-13/h7-9H2,1-6H3. The van der Waals surface area contributed by atoms with Gasteiger partial charge in [0.15, 0.2) is 11.5 Å². The number of hydrogen-bond acceptors (Lipinski definition) is 6. The molecule has 6 nitrogen and oxygen atoms in total. The van der Waals surface area contributed by atoms with E-state index in [-0.39, 0.29) is 10.8 Å². The summed E-state index contributed by atoms with van der Waals surface area (Å²) in [5.74, 6) is 0.756. The summed E-state index contributed by atoms with van der Waals surface area (Å²) in [6.45, 7) is 11.9. The van der Waals surface area contributed by atoms with Gasteiger partial charge in [-0.25, -0.2) is 9.59 Å². The van der Waals surface area contributed by atoms with E-state index in [1.807, 2.05) is 13.8 Å². The molecule has 0 amide bonds. The fourth-order valence-electron chi connectivity index (χ4n) is 2.55. The van der Waals surface area contributed by atoms with Gasteiger partial charge in [-0.05, 0) is 17.8 Å². The van der Waals surface area contributed by atoms with Crippen molar-refractivity contribution in [1.82, 2.24) is 0 Å². The van der Waals surface area contributed by atoms with Gasteiger partial charge in [0, 0.05) is 19.3 Å². The molecule has 2 aromatic rings. The van der Waals surface area contributed by atoms with Crippen LogP contribution in [0.2, 0.25) is 0 Å². The Morgan fingerprint density at radius 2 is 1.13 bits per heavy atom. The maximum atomic E-state index is 11.5. The van der Waals surface area contributed by atoms with Crippen LogP contribution in [0.4, 0.5) is 0 Å². The van der Waals surface area contributed by atoms with Gasteiger partial charge in [-0.15, -0.1) is 0 Å². The van der Waals surface area contributed by atoms with E-state index in [2.05, 4.69) is 20.8 Å². The largest absolute Gasteiger partial charge is 0.519 e. The van der Waals surface area contributed by atoms with Gasteiger partial charge in [-0.2, -0.15) is 0 Å². The molecule has 0 atom stereocenters. The molecular formula is C17H24O6. The van der Waals surface area contributed by atoms with Crippen LogP contribution in [0, 0.1) is 17.8 Å². The first-order chi connectivity index (χ1) is 10.5. The quantitative estimate of drug-likeness (QED) is 0.836. The van der Waals surface area contributed by atoms with Crippen LogP contribution >= 0.6 is 0 Å². The molecule has 0 fully saturated rings. The van der Waals surface area contributed by atoms with Gasteiger partial charge < -0.3 is 17.7 Å². The second-order valence-corrected chi connectivity index (χ2v) is 7.99. The zero-order chi connectivity index (χ0) is 17.4. The first-order valence-electron chi connectivity index (χ1n) is 7.66. The molecule has 0 aliphatic rings. The molecule has 2 heterocycles. The van der Waals surface area contributed by atoms with Crippen LogP contribution in [0.1, 0.15) is 57.7 Å². The average molecular weight is 324 g/mol. The smallest absolute Gasteiger partial charge is 0.396 e. The van der Waals surface area contributed by atoms with Crippen molar-refractivity contribution >= 4 is 0 Å².